The SMILES string of the molecule is CC(C)(C)N(c1cc(CBr)ccc1-c1ccccc1)S(=O)[O-]. The van der Waals surface area contributed by atoms with Crippen LogP contribution in [0.1, 0.15) is 26.3 Å². The van der Waals surface area contributed by atoms with Crippen LogP contribution in [0.4, 0.5) is 5.69 Å². The second-order valence-electron chi connectivity index (χ2n) is 6.03. The van der Waals surface area contributed by atoms with Crippen molar-refractivity contribution >= 4 is 32.9 Å². The molecule has 2 aromatic rings. The van der Waals surface area contributed by atoms with E-state index in [1.807, 2.05) is 69.3 Å². The normalized spacial score (nSPS) is 13.0. The predicted molar refractivity (Wildman–Crippen MR) is 95.7 cm³/mol. The first-order chi connectivity index (χ1) is 10.3. The third kappa shape index (κ3) is 3.77. The molecule has 1 unspecified atom stereocenters. The van der Waals surface area contributed by atoms with Gasteiger partial charge in [0.05, 0.1) is 5.69 Å². The Hall–Kier alpha value is -1.17. The van der Waals surface area contributed by atoms with Gasteiger partial charge in [0.2, 0.25) is 0 Å². The molecule has 0 N–H and O–H groups in total. The van der Waals surface area contributed by atoms with Crippen molar-refractivity contribution in [2.45, 2.75) is 31.6 Å². The zero-order chi connectivity index (χ0) is 16.3. The van der Waals surface area contributed by atoms with Gasteiger partial charge in [-0.15, -0.1) is 0 Å². The van der Waals surface area contributed by atoms with Crippen LogP contribution in [-0.2, 0) is 16.6 Å². The zero-order valence-corrected chi connectivity index (χ0v) is 15.3. The highest BCUT2D eigenvalue weighted by molar-refractivity contribution is 9.08. The number of anilines is 1. The van der Waals surface area contributed by atoms with Crippen molar-refractivity contribution in [1.82, 2.24) is 0 Å². The number of alkyl halides is 1. The van der Waals surface area contributed by atoms with Crippen LogP contribution < -0.4 is 4.31 Å². The van der Waals surface area contributed by atoms with Gasteiger partial charge in [0.25, 0.3) is 0 Å². The summed E-state index contributed by atoms with van der Waals surface area (Å²) in [6, 6.07) is 15.7. The van der Waals surface area contributed by atoms with Gasteiger partial charge in [0.15, 0.2) is 0 Å². The lowest BCUT2D eigenvalue weighted by Gasteiger charge is -2.39. The maximum Gasteiger partial charge on any atom is 0.0570 e. The van der Waals surface area contributed by atoms with E-state index in [1.165, 1.54) is 4.31 Å². The molecule has 2 rings (SSSR count). The number of benzene rings is 2. The maximum absolute atomic E-state index is 11.8. The van der Waals surface area contributed by atoms with Crippen LogP contribution in [-0.4, -0.2) is 14.3 Å². The van der Waals surface area contributed by atoms with Crippen molar-refractivity contribution in [2.75, 3.05) is 4.31 Å². The van der Waals surface area contributed by atoms with Crippen LogP contribution in [0.15, 0.2) is 48.5 Å². The molecule has 1 atom stereocenters. The summed E-state index contributed by atoms with van der Waals surface area (Å²) in [5, 5.41) is 0.679. The van der Waals surface area contributed by atoms with Crippen molar-refractivity contribution in [1.29, 1.82) is 0 Å². The van der Waals surface area contributed by atoms with Crippen LogP contribution in [0.3, 0.4) is 0 Å². The quantitative estimate of drug-likeness (QED) is 0.572. The van der Waals surface area contributed by atoms with Gasteiger partial charge < -0.3 is 4.55 Å². The fourth-order valence-electron chi connectivity index (χ4n) is 2.36. The second kappa shape index (κ2) is 6.94. The smallest absolute Gasteiger partial charge is 0.0570 e. The summed E-state index contributed by atoms with van der Waals surface area (Å²) in [7, 11) is 0. The molecule has 0 bridgehead atoms. The Kier molecular flexibility index (Phi) is 5.42. The molecule has 5 heteroatoms. The Morgan fingerprint density at radius 3 is 2.27 bits per heavy atom. The molecular weight excluding hydrogens is 362 g/mol. The topological polar surface area (TPSA) is 43.4 Å². The molecule has 0 aromatic heterocycles. The highest BCUT2D eigenvalue weighted by Gasteiger charge is 2.25. The monoisotopic (exact) mass is 380 g/mol. The van der Waals surface area contributed by atoms with Crippen LogP contribution in [0.2, 0.25) is 0 Å². The molecule has 0 heterocycles. The molecule has 0 aliphatic heterocycles. The summed E-state index contributed by atoms with van der Waals surface area (Å²) in [6.45, 7) is 5.66. The van der Waals surface area contributed by atoms with E-state index in [0.29, 0.717) is 11.0 Å². The first kappa shape index (κ1) is 17.2. The van der Waals surface area contributed by atoms with Crippen LogP contribution in [0, 0.1) is 0 Å². The lowest BCUT2D eigenvalue weighted by molar-refractivity contribution is 0.498. The minimum atomic E-state index is -2.35. The van der Waals surface area contributed by atoms with Gasteiger partial charge >= 0.3 is 0 Å². The minimum absolute atomic E-state index is 0.541. The number of rotatable bonds is 4. The van der Waals surface area contributed by atoms with Crippen LogP contribution in [0.5, 0.6) is 0 Å². The van der Waals surface area contributed by atoms with Crippen LogP contribution >= 0.6 is 15.9 Å². The molecule has 0 aliphatic rings. The third-order valence-electron chi connectivity index (χ3n) is 3.28. The van der Waals surface area contributed by atoms with Gasteiger partial charge in [-0.05, 0) is 38.0 Å². The van der Waals surface area contributed by atoms with Crippen molar-refractivity contribution in [3.8, 4) is 11.1 Å². The molecule has 2 aromatic carbocycles. The van der Waals surface area contributed by atoms with Gasteiger partial charge in [-0.3, -0.25) is 8.51 Å². The largest absolute Gasteiger partial charge is 0.755 e. The van der Waals surface area contributed by atoms with Crippen molar-refractivity contribution in [3.05, 3.63) is 54.1 Å². The maximum atomic E-state index is 11.8. The Balaban J connectivity index is 2.68. The first-order valence-corrected chi connectivity index (χ1v) is 9.14. The van der Waals surface area contributed by atoms with E-state index in [-0.39, 0.29) is 0 Å². The summed E-state index contributed by atoms with van der Waals surface area (Å²) < 4.78 is 25.1. The van der Waals surface area contributed by atoms with Gasteiger partial charge in [-0.25, -0.2) is 0 Å². The average Bonchev–Trinajstić information content (AvgIpc) is 2.46. The molecule has 0 saturated heterocycles. The first-order valence-electron chi connectivity index (χ1n) is 6.98. The van der Waals surface area contributed by atoms with E-state index < -0.39 is 16.8 Å². The van der Waals surface area contributed by atoms with Crippen LogP contribution in [0.25, 0.3) is 11.1 Å². The second-order valence-corrected chi connectivity index (χ2v) is 7.39. The molecule has 118 valence electrons. The molecule has 0 spiro atoms. The Bertz CT molecular complexity index is 668. The highest BCUT2D eigenvalue weighted by atomic mass is 79.9. The van der Waals surface area contributed by atoms with E-state index in [4.69, 9.17) is 0 Å². The molecule has 0 amide bonds. The number of halogens is 1. The molecular formula is C17H19BrNO2S-. The molecule has 0 fully saturated rings. The van der Waals surface area contributed by atoms with E-state index in [9.17, 15) is 8.76 Å². The summed E-state index contributed by atoms with van der Waals surface area (Å²) in [4.78, 5) is 0. The molecule has 0 aliphatic carbocycles. The van der Waals surface area contributed by atoms with Gasteiger partial charge in [0.1, 0.15) is 0 Å². The lowest BCUT2D eigenvalue weighted by Crippen LogP contribution is -2.43. The van der Waals surface area contributed by atoms with E-state index in [1.54, 1.807) is 0 Å². The van der Waals surface area contributed by atoms with Gasteiger partial charge in [0, 0.05) is 27.7 Å². The molecule has 0 saturated carbocycles. The van der Waals surface area contributed by atoms with E-state index >= 15 is 0 Å². The fraction of sp³-hybridized carbons (Fsp3) is 0.294. The van der Waals surface area contributed by atoms with Crippen molar-refractivity contribution < 1.29 is 8.76 Å². The standard InChI is InChI=1S/C17H20BrNO2S/c1-17(2,3)19(22(20)21)16-11-13(12-18)9-10-15(16)14-7-5-4-6-8-14/h4-11H,12H2,1-3H3,(H,20,21)/p-1. The lowest BCUT2D eigenvalue weighted by atomic mass is 9.99. The number of nitrogens with zero attached hydrogens (tertiary/aromatic N) is 1. The Labute approximate surface area is 142 Å². The van der Waals surface area contributed by atoms with Crippen molar-refractivity contribution in [3.63, 3.8) is 0 Å². The fourth-order valence-corrected chi connectivity index (χ4v) is 3.46. The number of hydrogen-bond donors (Lipinski definition) is 0. The molecule has 22 heavy (non-hydrogen) atoms. The zero-order valence-electron chi connectivity index (χ0n) is 12.9. The summed E-state index contributed by atoms with van der Waals surface area (Å²) in [6.07, 6.45) is 0. The predicted octanol–water partition coefficient (Wildman–Crippen LogP) is 4.65. The number of hydrogen-bond acceptors (Lipinski definition) is 2. The molecule has 0 radical (unpaired) electrons. The van der Waals surface area contributed by atoms with Gasteiger partial charge in [-0.2, -0.15) is 0 Å². The Morgan fingerprint density at radius 1 is 1.14 bits per heavy atom. The van der Waals surface area contributed by atoms with E-state index in [2.05, 4.69) is 15.9 Å². The average molecular weight is 381 g/mol. The summed E-state index contributed by atoms with van der Waals surface area (Å²) in [5.41, 5.74) is 3.10. The van der Waals surface area contributed by atoms with E-state index in [0.717, 1.165) is 16.7 Å². The molecule has 3 nitrogen and oxygen atoms in total. The van der Waals surface area contributed by atoms with Crippen molar-refractivity contribution in [2.24, 2.45) is 0 Å². The summed E-state index contributed by atoms with van der Waals surface area (Å²) >= 11 is 1.09. The summed E-state index contributed by atoms with van der Waals surface area (Å²) in [5.74, 6) is 0. The minimum Gasteiger partial charge on any atom is -0.755 e. The van der Waals surface area contributed by atoms with Gasteiger partial charge in [-0.1, -0.05) is 58.4 Å². The Morgan fingerprint density at radius 2 is 1.77 bits per heavy atom. The third-order valence-corrected chi connectivity index (χ3v) is 4.97. The highest BCUT2D eigenvalue weighted by Crippen LogP contribution is 2.36.